The van der Waals surface area contributed by atoms with Crippen LogP contribution in [-0.2, 0) is 20.8 Å². The molecule has 0 unspecified atom stereocenters. The second-order valence-electron chi connectivity index (χ2n) is 6.63. The lowest BCUT2D eigenvalue weighted by molar-refractivity contribution is -0.121. The molecule has 0 spiro atoms. The second-order valence-corrected chi connectivity index (χ2v) is 6.63. The normalized spacial score (nSPS) is 19.8. The van der Waals surface area contributed by atoms with E-state index in [1.54, 1.807) is 0 Å². The third-order valence-corrected chi connectivity index (χ3v) is 4.87. The molecule has 1 saturated heterocycles. The van der Waals surface area contributed by atoms with Crippen molar-refractivity contribution in [3.8, 4) is 0 Å². The van der Waals surface area contributed by atoms with E-state index in [-0.39, 0.29) is 12.2 Å². The second kappa shape index (κ2) is 8.46. The van der Waals surface area contributed by atoms with E-state index >= 15 is 0 Å². The van der Waals surface area contributed by atoms with Gasteiger partial charge in [0.15, 0.2) is 6.29 Å². The predicted octanol–water partition coefficient (Wildman–Crippen LogP) is 3.71. The molecule has 126 valence electrons. The number of nitrogens with one attached hydrogen (secondary N) is 1. The minimum atomic E-state index is -0.228. The van der Waals surface area contributed by atoms with Gasteiger partial charge in [0.25, 0.3) is 0 Å². The van der Waals surface area contributed by atoms with E-state index in [4.69, 9.17) is 9.47 Å². The monoisotopic (exact) mass is 317 g/mol. The van der Waals surface area contributed by atoms with Gasteiger partial charge in [-0.05, 0) is 17.9 Å². The maximum Gasteiger partial charge on any atom is 0.220 e. The lowest BCUT2D eigenvalue weighted by Crippen LogP contribution is -2.23. The van der Waals surface area contributed by atoms with Crippen LogP contribution in [0.25, 0.3) is 0 Å². The van der Waals surface area contributed by atoms with Gasteiger partial charge in [-0.1, -0.05) is 56.4 Å². The molecule has 1 aliphatic carbocycles. The van der Waals surface area contributed by atoms with Gasteiger partial charge in [-0.25, -0.2) is 0 Å². The summed E-state index contributed by atoms with van der Waals surface area (Å²) in [6.07, 6.45) is 8.14. The highest BCUT2D eigenvalue weighted by Crippen LogP contribution is 2.27. The van der Waals surface area contributed by atoms with Crippen molar-refractivity contribution >= 4 is 5.91 Å². The quantitative estimate of drug-likeness (QED) is 0.870. The number of hydrogen-bond acceptors (Lipinski definition) is 3. The summed E-state index contributed by atoms with van der Waals surface area (Å²) in [5.74, 6) is 0.933. The molecule has 2 aliphatic rings. The summed E-state index contributed by atoms with van der Waals surface area (Å²) in [6.45, 7) is 1.91. The van der Waals surface area contributed by atoms with Gasteiger partial charge in [0.05, 0.1) is 13.2 Å². The van der Waals surface area contributed by atoms with Crippen LogP contribution >= 0.6 is 0 Å². The molecule has 3 rings (SSSR count). The summed E-state index contributed by atoms with van der Waals surface area (Å²) in [6, 6.07) is 8.09. The van der Waals surface area contributed by atoms with Crippen LogP contribution < -0.4 is 5.32 Å². The third-order valence-electron chi connectivity index (χ3n) is 4.87. The molecule has 0 radical (unpaired) electrons. The zero-order valence-corrected chi connectivity index (χ0v) is 13.8. The summed E-state index contributed by atoms with van der Waals surface area (Å²) in [5, 5.41) is 3.03. The molecule has 0 aromatic heterocycles. The van der Waals surface area contributed by atoms with E-state index in [0.717, 1.165) is 23.5 Å². The van der Waals surface area contributed by atoms with Crippen molar-refractivity contribution in [3.63, 3.8) is 0 Å². The molecule has 0 atom stereocenters. The van der Waals surface area contributed by atoms with Gasteiger partial charge >= 0.3 is 0 Å². The molecule has 1 aromatic carbocycles. The molecule has 1 amide bonds. The van der Waals surface area contributed by atoms with Crippen LogP contribution in [0, 0.1) is 5.92 Å². The Balaban J connectivity index is 1.38. The van der Waals surface area contributed by atoms with E-state index in [1.807, 2.05) is 24.3 Å². The zero-order valence-electron chi connectivity index (χ0n) is 13.8. The van der Waals surface area contributed by atoms with Crippen molar-refractivity contribution in [2.45, 2.75) is 57.8 Å². The van der Waals surface area contributed by atoms with Crippen LogP contribution in [0.1, 0.15) is 62.4 Å². The Kier molecular flexibility index (Phi) is 6.06. The molecular weight excluding hydrogens is 290 g/mol. The van der Waals surface area contributed by atoms with Crippen LogP contribution in [0.5, 0.6) is 0 Å². The highest BCUT2D eigenvalue weighted by molar-refractivity contribution is 5.75. The number of rotatable bonds is 6. The van der Waals surface area contributed by atoms with Gasteiger partial charge in [-0.3, -0.25) is 4.79 Å². The Labute approximate surface area is 138 Å². The average Bonchev–Trinajstić information content (AvgIpc) is 3.14. The van der Waals surface area contributed by atoms with Crippen LogP contribution in [0.4, 0.5) is 0 Å². The topological polar surface area (TPSA) is 47.6 Å². The van der Waals surface area contributed by atoms with Gasteiger partial charge in [0, 0.05) is 18.5 Å². The van der Waals surface area contributed by atoms with Crippen molar-refractivity contribution in [2.24, 2.45) is 5.92 Å². The Morgan fingerprint density at radius 3 is 2.43 bits per heavy atom. The Hall–Kier alpha value is -1.39. The average molecular weight is 317 g/mol. The highest BCUT2D eigenvalue weighted by atomic mass is 16.7. The first-order chi connectivity index (χ1) is 11.3. The molecule has 1 saturated carbocycles. The molecular formula is C19H27NO3. The summed E-state index contributed by atoms with van der Waals surface area (Å²) in [4.78, 5) is 12.0. The van der Waals surface area contributed by atoms with Gasteiger partial charge < -0.3 is 14.8 Å². The van der Waals surface area contributed by atoms with Crippen LogP contribution in [0.2, 0.25) is 0 Å². The van der Waals surface area contributed by atoms with Crippen LogP contribution in [-0.4, -0.2) is 19.1 Å². The molecule has 1 N–H and O–H groups in total. The fourth-order valence-electron chi connectivity index (χ4n) is 3.44. The summed E-state index contributed by atoms with van der Waals surface area (Å²) in [7, 11) is 0. The first kappa shape index (κ1) is 16.5. The molecule has 23 heavy (non-hydrogen) atoms. The number of hydrogen-bond donors (Lipinski definition) is 1. The lowest BCUT2D eigenvalue weighted by atomic mass is 9.86. The van der Waals surface area contributed by atoms with E-state index < -0.39 is 0 Å². The summed E-state index contributed by atoms with van der Waals surface area (Å²) in [5.41, 5.74) is 2.15. The first-order valence-corrected chi connectivity index (χ1v) is 8.90. The molecule has 1 heterocycles. The fourth-order valence-corrected chi connectivity index (χ4v) is 3.44. The molecule has 4 heteroatoms. The first-order valence-electron chi connectivity index (χ1n) is 8.90. The predicted molar refractivity (Wildman–Crippen MR) is 88.7 cm³/mol. The van der Waals surface area contributed by atoms with Gasteiger partial charge in [0.1, 0.15) is 0 Å². The number of benzene rings is 1. The number of ether oxygens (including phenoxy) is 2. The molecule has 4 nitrogen and oxygen atoms in total. The SMILES string of the molecule is O=C(CCC1CCCCC1)NCc1ccc(C2OCCO2)cc1. The number of amides is 1. The maximum absolute atomic E-state index is 12.0. The Bertz CT molecular complexity index is 488. The minimum absolute atomic E-state index is 0.169. The largest absolute Gasteiger partial charge is 0.352 e. The lowest BCUT2D eigenvalue weighted by Gasteiger charge is -2.21. The standard InChI is InChI=1S/C19H27NO3/c21-18(11-8-15-4-2-1-3-5-15)20-14-16-6-9-17(10-7-16)19-22-12-13-23-19/h6-7,9-10,15,19H,1-5,8,11-14H2,(H,20,21). The van der Waals surface area contributed by atoms with E-state index in [0.29, 0.717) is 26.2 Å². The Morgan fingerprint density at radius 1 is 1.04 bits per heavy atom. The van der Waals surface area contributed by atoms with Gasteiger partial charge in [-0.2, -0.15) is 0 Å². The van der Waals surface area contributed by atoms with Crippen molar-refractivity contribution in [2.75, 3.05) is 13.2 Å². The van der Waals surface area contributed by atoms with E-state index in [1.165, 1.54) is 32.1 Å². The highest BCUT2D eigenvalue weighted by Gasteiger charge is 2.18. The zero-order chi connectivity index (χ0) is 15.9. The van der Waals surface area contributed by atoms with Crippen molar-refractivity contribution in [3.05, 3.63) is 35.4 Å². The molecule has 1 aromatic rings. The number of carbonyl (C=O) groups is 1. The minimum Gasteiger partial charge on any atom is -0.352 e. The molecule has 1 aliphatic heterocycles. The maximum atomic E-state index is 12.0. The third kappa shape index (κ3) is 5.05. The number of carbonyl (C=O) groups excluding carboxylic acids is 1. The van der Waals surface area contributed by atoms with Crippen molar-refractivity contribution in [1.82, 2.24) is 5.32 Å². The van der Waals surface area contributed by atoms with Gasteiger partial charge in [-0.15, -0.1) is 0 Å². The van der Waals surface area contributed by atoms with Crippen molar-refractivity contribution in [1.29, 1.82) is 0 Å². The van der Waals surface area contributed by atoms with Gasteiger partial charge in [0.2, 0.25) is 5.91 Å². The van der Waals surface area contributed by atoms with E-state index in [9.17, 15) is 4.79 Å². The fraction of sp³-hybridized carbons (Fsp3) is 0.632. The van der Waals surface area contributed by atoms with Crippen molar-refractivity contribution < 1.29 is 14.3 Å². The smallest absolute Gasteiger partial charge is 0.220 e. The molecule has 0 bridgehead atoms. The van der Waals surface area contributed by atoms with Crippen LogP contribution in [0.15, 0.2) is 24.3 Å². The van der Waals surface area contributed by atoms with Crippen LogP contribution in [0.3, 0.4) is 0 Å². The summed E-state index contributed by atoms with van der Waals surface area (Å²) >= 11 is 0. The molecule has 2 fully saturated rings. The summed E-state index contributed by atoms with van der Waals surface area (Å²) < 4.78 is 10.9. The van der Waals surface area contributed by atoms with E-state index in [2.05, 4.69) is 5.32 Å². The Morgan fingerprint density at radius 2 is 1.74 bits per heavy atom.